The molecule has 4 nitrogen and oxygen atoms in total. The first-order chi connectivity index (χ1) is 8.68. The molecule has 19 heavy (non-hydrogen) atoms. The molecule has 0 aromatic carbocycles. The van der Waals surface area contributed by atoms with Crippen LogP contribution in [0.3, 0.4) is 0 Å². The molecule has 4 N–H and O–H groups in total. The predicted molar refractivity (Wildman–Crippen MR) is 78.4 cm³/mol. The van der Waals surface area contributed by atoms with Gasteiger partial charge in [-0.15, -0.1) is 0 Å². The van der Waals surface area contributed by atoms with Crippen LogP contribution in [0.15, 0.2) is 0 Å². The Morgan fingerprint density at radius 3 is 2.32 bits per heavy atom. The fraction of sp³-hybridized carbons (Fsp3) is 1.00. The van der Waals surface area contributed by atoms with E-state index in [0.29, 0.717) is 6.04 Å². The monoisotopic (exact) mass is 271 g/mol. The summed E-state index contributed by atoms with van der Waals surface area (Å²) in [5.41, 5.74) is 4.40. The molecule has 0 aliphatic carbocycles. The summed E-state index contributed by atoms with van der Waals surface area (Å²) in [7, 11) is 4.55. The van der Waals surface area contributed by atoms with Gasteiger partial charge in [0.05, 0.1) is 6.04 Å². The number of nitrogens with zero attached hydrogens (tertiary/aromatic N) is 2. The van der Waals surface area contributed by atoms with E-state index in [9.17, 15) is 0 Å². The number of likely N-dealkylation sites (N-methyl/N-ethyl adjacent to an activating group) is 1. The largest absolute Gasteiger partial charge is 0.870 e. The summed E-state index contributed by atoms with van der Waals surface area (Å²) in [5, 5.41) is 0. The predicted octanol–water partition coefficient (Wildman–Crippen LogP) is 1.17. The van der Waals surface area contributed by atoms with Gasteiger partial charge in [-0.05, 0) is 65.7 Å². The molecule has 0 radical (unpaired) electrons. The van der Waals surface area contributed by atoms with Crippen LogP contribution in [-0.4, -0.2) is 60.6 Å². The molecule has 0 aromatic heterocycles. The van der Waals surface area contributed by atoms with Crippen molar-refractivity contribution in [1.29, 1.82) is 0 Å². The number of quaternary nitrogens is 1. The van der Waals surface area contributed by atoms with E-state index in [1.807, 2.05) is 0 Å². The number of likely N-dealkylation sites (tertiary alicyclic amines) is 2. The van der Waals surface area contributed by atoms with E-state index in [2.05, 4.69) is 29.6 Å². The van der Waals surface area contributed by atoms with Crippen molar-refractivity contribution in [1.82, 2.24) is 9.80 Å². The molecule has 2 heterocycles. The Morgan fingerprint density at radius 2 is 1.74 bits per heavy atom. The molecule has 2 rings (SSSR count). The Bertz CT molecular complexity index is 250. The van der Waals surface area contributed by atoms with Crippen LogP contribution >= 0.6 is 0 Å². The fourth-order valence-electron chi connectivity index (χ4n) is 3.85. The van der Waals surface area contributed by atoms with Crippen molar-refractivity contribution in [2.24, 2.45) is 0 Å². The van der Waals surface area contributed by atoms with Crippen LogP contribution in [0, 0.1) is 0 Å². The highest BCUT2D eigenvalue weighted by atomic mass is 16.0. The second-order valence-corrected chi connectivity index (χ2v) is 6.51. The second kappa shape index (κ2) is 8.20. The molecule has 0 bridgehead atoms. The van der Waals surface area contributed by atoms with Gasteiger partial charge in [0.2, 0.25) is 0 Å². The fourth-order valence-corrected chi connectivity index (χ4v) is 3.85. The highest BCUT2D eigenvalue weighted by molar-refractivity contribution is 4.82. The smallest absolute Gasteiger partial charge is 0.100 e. The molecule has 3 unspecified atom stereocenters. The number of hydrogen-bond donors (Lipinski definition) is 1. The summed E-state index contributed by atoms with van der Waals surface area (Å²) < 4.78 is 0. The summed E-state index contributed by atoms with van der Waals surface area (Å²) in [6.45, 7) is 2.60. The first kappa shape index (κ1) is 16.9. The Morgan fingerprint density at radius 1 is 1.05 bits per heavy atom. The Kier molecular flexibility index (Phi) is 7.29. The highest BCUT2D eigenvalue weighted by Crippen LogP contribution is 2.22. The molecule has 114 valence electrons. The van der Waals surface area contributed by atoms with E-state index < -0.39 is 0 Å². The van der Waals surface area contributed by atoms with Crippen LogP contribution in [0.4, 0.5) is 0 Å². The average molecular weight is 271 g/mol. The molecular weight excluding hydrogens is 238 g/mol. The molecule has 2 aliphatic rings. The minimum Gasteiger partial charge on any atom is -0.870 e. The summed E-state index contributed by atoms with van der Waals surface area (Å²) in [6.07, 6.45) is 11.1. The lowest BCUT2D eigenvalue weighted by atomic mass is 9.98. The van der Waals surface area contributed by atoms with Crippen LogP contribution in [0.5, 0.6) is 0 Å². The average Bonchev–Trinajstić information content (AvgIpc) is 2.94. The molecule has 0 amide bonds. The number of unbranched alkanes of at least 4 members (excludes halogenated alkanes) is 1. The molecule has 3 atom stereocenters. The van der Waals surface area contributed by atoms with Crippen LogP contribution < -0.4 is 5.73 Å². The van der Waals surface area contributed by atoms with Gasteiger partial charge in [0, 0.05) is 12.5 Å². The lowest BCUT2D eigenvalue weighted by Gasteiger charge is -2.23. The third-order valence-electron chi connectivity index (χ3n) is 5.15. The van der Waals surface area contributed by atoms with Gasteiger partial charge in [0.15, 0.2) is 0 Å². The molecule has 0 spiro atoms. The summed E-state index contributed by atoms with van der Waals surface area (Å²) in [6, 6.07) is 2.29. The molecule has 4 heteroatoms. The summed E-state index contributed by atoms with van der Waals surface area (Å²) in [5.74, 6) is 0. The zero-order valence-corrected chi connectivity index (χ0v) is 12.9. The van der Waals surface area contributed by atoms with E-state index in [-0.39, 0.29) is 5.48 Å². The van der Waals surface area contributed by atoms with Crippen LogP contribution in [0.1, 0.15) is 51.4 Å². The summed E-state index contributed by atoms with van der Waals surface area (Å²) >= 11 is 0. The van der Waals surface area contributed by atoms with Crippen LogP contribution in [0.25, 0.3) is 0 Å². The topological polar surface area (TPSA) is 64.1 Å². The van der Waals surface area contributed by atoms with Gasteiger partial charge < -0.3 is 16.1 Å². The molecular formula is C15H33N3O. The zero-order chi connectivity index (χ0) is 13.0. The minimum absolute atomic E-state index is 0. The lowest BCUT2D eigenvalue weighted by Crippen LogP contribution is -2.68. The van der Waals surface area contributed by atoms with Gasteiger partial charge in [-0.2, -0.15) is 0 Å². The zero-order valence-electron chi connectivity index (χ0n) is 12.9. The third kappa shape index (κ3) is 4.71. The van der Waals surface area contributed by atoms with Crippen LogP contribution in [-0.2, 0) is 0 Å². The van der Waals surface area contributed by atoms with Crippen molar-refractivity contribution in [3.05, 3.63) is 0 Å². The van der Waals surface area contributed by atoms with Crippen molar-refractivity contribution in [3.63, 3.8) is 0 Å². The Labute approximate surface area is 118 Å². The van der Waals surface area contributed by atoms with Gasteiger partial charge in [-0.3, -0.25) is 4.90 Å². The standard InChI is InChI=1S/C15H31N3.H2O/c1-17-11-5-8-13(17)7-3-4-9-14(16)15-10-6-12-18(15)2;/h13-15H,3-12,16H2,1-2H3;1H2. The quantitative estimate of drug-likeness (QED) is 0.738. The van der Waals surface area contributed by atoms with Gasteiger partial charge in [-0.25, -0.2) is 0 Å². The Balaban J connectivity index is 0.00000180. The SMILES string of the molecule is CN1CCCC1CCCCC([NH3+])C1CCCN1C.[OH-]. The molecule has 0 saturated carbocycles. The lowest BCUT2D eigenvalue weighted by molar-refractivity contribution is -0.431. The first-order valence-corrected chi connectivity index (χ1v) is 7.92. The van der Waals surface area contributed by atoms with E-state index in [1.165, 1.54) is 64.5 Å². The number of rotatable bonds is 6. The van der Waals surface area contributed by atoms with Gasteiger partial charge in [0.25, 0.3) is 0 Å². The summed E-state index contributed by atoms with van der Waals surface area (Å²) in [4.78, 5) is 5.06. The van der Waals surface area contributed by atoms with Gasteiger partial charge in [-0.1, -0.05) is 6.42 Å². The molecule has 0 aromatic rings. The van der Waals surface area contributed by atoms with E-state index >= 15 is 0 Å². The van der Waals surface area contributed by atoms with Crippen molar-refractivity contribution in [3.8, 4) is 0 Å². The van der Waals surface area contributed by atoms with Crippen molar-refractivity contribution < 1.29 is 11.2 Å². The molecule has 2 saturated heterocycles. The highest BCUT2D eigenvalue weighted by Gasteiger charge is 2.29. The van der Waals surface area contributed by atoms with E-state index in [0.717, 1.165) is 12.1 Å². The minimum atomic E-state index is 0. The van der Waals surface area contributed by atoms with Crippen molar-refractivity contribution >= 4 is 0 Å². The van der Waals surface area contributed by atoms with Gasteiger partial charge >= 0.3 is 0 Å². The molecule has 2 fully saturated rings. The van der Waals surface area contributed by atoms with Crippen molar-refractivity contribution in [2.45, 2.75) is 69.5 Å². The van der Waals surface area contributed by atoms with Crippen molar-refractivity contribution in [2.75, 3.05) is 27.2 Å². The van der Waals surface area contributed by atoms with Crippen LogP contribution in [0.2, 0.25) is 0 Å². The second-order valence-electron chi connectivity index (χ2n) is 6.51. The maximum Gasteiger partial charge on any atom is 0.100 e. The first-order valence-electron chi connectivity index (χ1n) is 7.92. The van der Waals surface area contributed by atoms with Gasteiger partial charge in [0.1, 0.15) is 6.04 Å². The van der Waals surface area contributed by atoms with E-state index in [1.54, 1.807) is 0 Å². The third-order valence-corrected chi connectivity index (χ3v) is 5.15. The number of hydrogen-bond acceptors (Lipinski definition) is 3. The van der Waals surface area contributed by atoms with E-state index in [4.69, 9.17) is 0 Å². The molecule has 2 aliphatic heterocycles. The maximum absolute atomic E-state index is 4.40. The maximum atomic E-state index is 4.40. The Hall–Kier alpha value is -0.160. The normalized spacial score (nSPS) is 30.5.